The minimum Gasteiger partial charge on any atom is -0.466 e. The van der Waals surface area contributed by atoms with Crippen LogP contribution in [0.5, 0.6) is 0 Å². The Balaban J connectivity index is 1.81. The maximum Gasteiger partial charge on any atom is 0.224 e. The monoisotopic (exact) mass is 338 g/mol. The topological polar surface area (TPSA) is 54.3 Å². The van der Waals surface area contributed by atoms with Crippen LogP contribution >= 0.6 is 15.9 Å². The van der Waals surface area contributed by atoms with E-state index in [0.29, 0.717) is 36.5 Å². The molecule has 0 aliphatic carbocycles. The number of aryl methyl sites for hydroxylation is 1. The van der Waals surface area contributed by atoms with E-state index in [4.69, 9.17) is 4.42 Å². The average molecular weight is 339 g/mol. The first kappa shape index (κ1) is 13.2. The Morgan fingerprint density at radius 3 is 3.00 bits per heavy atom. The molecule has 0 bridgehead atoms. The molecule has 1 amide bonds. The smallest absolute Gasteiger partial charge is 0.224 e. The summed E-state index contributed by atoms with van der Waals surface area (Å²) in [5.41, 5.74) is 1.84. The summed E-state index contributed by atoms with van der Waals surface area (Å²) >= 11 is 3.34. The first-order valence-electron chi connectivity index (χ1n) is 6.21. The van der Waals surface area contributed by atoms with Crippen molar-refractivity contribution in [3.63, 3.8) is 0 Å². The number of carbonyl (C=O) groups is 1. The molecule has 3 rings (SSSR count). The van der Waals surface area contributed by atoms with Crippen LogP contribution in [0, 0.1) is 5.82 Å². The van der Waals surface area contributed by atoms with Crippen molar-refractivity contribution >= 4 is 33.2 Å². The molecule has 2 N–H and O–H groups in total. The number of furan rings is 1. The van der Waals surface area contributed by atoms with Gasteiger partial charge in [-0.25, -0.2) is 4.39 Å². The van der Waals surface area contributed by atoms with Crippen LogP contribution in [0.1, 0.15) is 17.7 Å². The lowest BCUT2D eigenvalue weighted by molar-refractivity contribution is -0.116. The molecule has 1 aliphatic heterocycles. The summed E-state index contributed by atoms with van der Waals surface area (Å²) in [4.78, 5) is 11.4. The summed E-state index contributed by atoms with van der Waals surface area (Å²) in [7, 11) is 0. The Morgan fingerprint density at radius 2 is 2.25 bits per heavy atom. The van der Waals surface area contributed by atoms with Gasteiger partial charge < -0.3 is 15.1 Å². The predicted molar refractivity (Wildman–Crippen MR) is 77.1 cm³/mol. The van der Waals surface area contributed by atoms with Gasteiger partial charge >= 0.3 is 0 Å². The molecule has 0 saturated carbocycles. The van der Waals surface area contributed by atoms with Gasteiger partial charge in [0.05, 0.1) is 23.0 Å². The van der Waals surface area contributed by atoms with Gasteiger partial charge in [-0.3, -0.25) is 4.79 Å². The van der Waals surface area contributed by atoms with Crippen molar-refractivity contribution in [3.05, 3.63) is 46.1 Å². The maximum atomic E-state index is 14.0. The van der Waals surface area contributed by atoms with Crippen LogP contribution in [0.4, 0.5) is 15.8 Å². The molecule has 0 unspecified atom stereocenters. The Kier molecular flexibility index (Phi) is 3.48. The number of halogens is 2. The third kappa shape index (κ3) is 2.56. The molecule has 104 valence electrons. The highest BCUT2D eigenvalue weighted by molar-refractivity contribution is 9.10. The van der Waals surface area contributed by atoms with Gasteiger partial charge in [-0.2, -0.15) is 0 Å². The van der Waals surface area contributed by atoms with E-state index in [9.17, 15) is 9.18 Å². The summed E-state index contributed by atoms with van der Waals surface area (Å²) in [5.74, 6) is 0.317. The molecule has 0 saturated heterocycles. The second-order valence-corrected chi connectivity index (χ2v) is 5.44. The van der Waals surface area contributed by atoms with Gasteiger partial charge in [-0.05, 0) is 46.1 Å². The Morgan fingerprint density at radius 1 is 1.40 bits per heavy atom. The largest absolute Gasteiger partial charge is 0.466 e. The molecule has 0 spiro atoms. The van der Waals surface area contributed by atoms with Crippen molar-refractivity contribution in [1.82, 2.24) is 0 Å². The van der Waals surface area contributed by atoms with Crippen molar-refractivity contribution in [3.8, 4) is 0 Å². The number of rotatable bonds is 3. The summed E-state index contributed by atoms with van der Waals surface area (Å²) in [5, 5.41) is 5.72. The summed E-state index contributed by atoms with van der Waals surface area (Å²) in [6.07, 6.45) is 2.53. The molecule has 4 nitrogen and oxygen atoms in total. The molecule has 20 heavy (non-hydrogen) atoms. The molecule has 0 radical (unpaired) electrons. The lowest BCUT2D eigenvalue weighted by atomic mass is 10.0. The molecule has 6 heteroatoms. The third-order valence-corrected chi connectivity index (χ3v) is 3.93. The van der Waals surface area contributed by atoms with Gasteiger partial charge in [0.1, 0.15) is 11.6 Å². The van der Waals surface area contributed by atoms with Crippen LogP contribution in [-0.4, -0.2) is 5.91 Å². The number of anilines is 2. The zero-order valence-electron chi connectivity index (χ0n) is 10.5. The van der Waals surface area contributed by atoms with Crippen molar-refractivity contribution < 1.29 is 13.6 Å². The quantitative estimate of drug-likeness (QED) is 0.897. The van der Waals surface area contributed by atoms with E-state index in [1.165, 1.54) is 6.07 Å². The number of nitrogens with one attached hydrogen (secondary N) is 2. The number of amides is 1. The van der Waals surface area contributed by atoms with Crippen molar-refractivity contribution in [2.75, 3.05) is 10.6 Å². The highest BCUT2D eigenvalue weighted by Crippen LogP contribution is 2.29. The van der Waals surface area contributed by atoms with Crippen LogP contribution in [-0.2, 0) is 17.8 Å². The zero-order chi connectivity index (χ0) is 14.1. The van der Waals surface area contributed by atoms with Gasteiger partial charge in [0.2, 0.25) is 5.91 Å². The molecular weight excluding hydrogens is 327 g/mol. The SMILES string of the molecule is O=C1CCc2cc(F)c(NCc3occc3Br)cc2N1. The predicted octanol–water partition coefficient (Wildman–Crippen LogP) is 3.68. The van der Waals surface area contributed by atoms with Crippen LogP contribution in [0.3, 0.4) is 0 Å². The molecule has 1 aromatic carbocycles. The van der Waals surface area contributed by atoms with Gasteiger partial charge in [-0.15, -0.1) is 0 Å². The van der Waals surface area contributed by atoms with E-state index in [0.717, 1.165) is 10.0 Å². The third-order valence-electron chi connectivity index (χ3n) is 3.22. The van der Waals surface area contributed by atoms with Crippen molar-refractivity contribution in [2.24, 2.45) is 0 Å². The number of benzene rings is 1. The van der Waals surface area contributed by atoms with E-state index in [1.54, 1.807) is 18.4 Å². The summed E-state index contributed by atoms with van der Waals surface area (Å²) in [6.45, 7) is 0.358. The second-order valence-electron chi connectivity index (χ2n) is 4.58. The van der Waals surface area contributed by atoms with E-state index in [1.807, 2.05) is 0 Å². The standard InChI is InChI=1S/C14H12BrFN2O2/c15-9-3-4-20-13(9)7-17-12-6-11-8(5-10(12)16)1-2-14(19)18-11/h3-6,17H,1-2,7H2,(H,18,19). The maximum absolute atomic E-state index is 14.0. The Hall–Kier alpha value is -1.82. The minimum absolute atomic E-state index is 0.0381. The van der Waals surface area contributed by atoms with Gasteiger partial charge in [0, 0.05) is 12.1 Å². The van der Waals surface area contributed by atoms with Gasteiger partial charge in [0.15, 0.2) is 0 Å². The fraction of sp³-hybridized carbons (Fsp3) is 0.214. The number of hydrogen-bond donors (Lipinski definition) is 2. The van der Waals surface area contributed by atoms with Crippen LogP contribution < -0.4 is 10.6 Å². The number of carbonyl (C=O) groups excluding carboxylic acids is 1. The molecule has 1 aromatic heterocycles. The summed E-state index contributed by atoms with van der Waals surface area (Å²) < 4.78 is 20.1. The van der Waals surface area contributed by atoms with Gasteiger partial charge in [-0.1, -0.05) is 0 Å². The average Bonchev–Trinajstić information content (AvgIpc) is 2.82. The molecule has 0 atom stereocenters. The Labute approximate surface area is 123 Å². The van der Waals surface area contributed by atoms with E-state index in [-0.39, 0.29) is 11.7 Å². The van der Waals surface area contributed by atoms with Gasteiger partial charge in [0.25, 0.3) is 0 Å². The fourth-order valence-electron chi connectivity index (χ4n) is 2.16. The highest BCUT2D eigenvalue weighted by Gasteiger charge is 2.17. The van der Waals surface area contributed by atoms with Crippen LogP contribution in [0.2, 0.25) is 0 Å². The van der Waals surface area contributed by atoms with Crippen molar-refractivity contribution in [2.45, 2.75) is 19.4 Å². The second kappa shape index (κ2) is 5.28. The van der Waals surface area contributed by atoms with E-state index >= 15 is 0 Å². The number of hydrogen-bond acceptors (Lipinski definition) is 3. The van der Waals surface area contributed by atoms with E-state index in [2.05, 4.69) is 26.6 Å². The molecule has 1 aliphatic rings. The molecule has 0 fully saturated rings. The van der Waals surface area contributed by atoms with Crippen LogP contribution in [0.15, 0.2) is 33.4 Å². The normalized spacial score (nSPS) is 13.8. The first-order chi connectivity index (χ1) is 9.63. The number of fused-ring (bicyclic) bond motifs is 1. The first-order valence-corrected chi connectivity index (χ1v) is 7.01. The molecular formula is C14H12BrFN2O2. The lowest BCUT2D eigenvalue weighted by Crippen LogP contribution is -2.19. The van der Waals surface area contributed by atoms with E-state index < -0.39 is 0 Å². The summed E-state index contributed by atoms with van der Waals surface area (Å²) in [6, 6.07) is 4.87. The molecule has 2 heterocycles. The zero-order valence-corrected chi connectivity index (χ0v) is 12.1. The molecule has 2 aromatic rings. The van der Waals surface area contributed by atoms with Crippen molar-refractivity contribution in [1.29, 1.82) is 0 Å². The minimum atomic E-state index is -0.331. The highest BCUT2D eigenvalue weighted by atomic mass is 79.9. The Bertz CT molecular complexity index is 669. The lowest BCUT2D eigenvalue weighted by Gasteiger charge is -2.18. The fourth-order valence-corrected chi connectivity index (χ4v) is 2.50. The van der Waals surface area contributed by atoms with Crippen LogP contribution in [0.25, 0.3) is 0 Å².